The van der Waals surface area contributed by atoms with Gasteiger partial charge in [-0.25, -0.2) is 9.97 Å². The van der Waals surface area contributed by atoms with Gasteiger partial charge in [0.25, 0.3) is 5.91 Å². The van der Waals surface area contributed by atoms with E-state index < -0.39 is 0 Å². The Morgan fingerprint density at radius 2 is 1.89 bits per heavy atom. The summed E-state index contributed by atoms with van der Waals surface area (Å²) in [5, 5.41) is 3.18. The van der Waals surface area contributed by atoms with Crippen molar-refractivity contribution in [3.63, 3.8) is 0 Å². The lowest BCUT2D eigenvalue weighted by Gasteiger charge is -2.40. The molecule has 0 bridgehead atoms. The normalized spacial score (nSPS) is 19.5. The minimum absolute atomic E-state index is 0.0992. The molecule has 0 atom stereocenters. The highest BCUT2D eigenvalue weighted by Crippen LogP contribution is 2.32. The summed E-state index contributed by atoms with van der Waals surface area (Å²) < 4.78 is 5.61. The van der Waals surface area contributed by atoms with Gasteiger partial charge in [0.2, 0.25) is 5.95 Å². The lowest BCUT2D eigenvalue weighted by molar-refractivity contribution is -0.000653. The molecule has 0 saturated carbocycles. The molecule has 0 aromatic carbocycles. The predicted molar refractivity (Wildman–Crippen MR) is 111 cm³/mol. The van der Waals surface area contributed by atoms with Crippen molar-refractivity contribution in [1.29, 1.82) is 0 Å². The van der Waals surface area contributed by atoms with Crippen LogP contribution in [0.5, 0.6) is 0 Å². The highest BCUT2D eigenvalue weighted by molar-refractivity contribution is 5.92. The summed E-state index contributed by atoms with van der Waals surface area (Å²) in [7, 11) is 0. The van der Waals surface area contributed by atoms with Crippen LogP contribution in [0.1, 0.15) is 55.7 Å². The van der Waals surface area contributed by atoms with E-state index in [1.807, 2.05) is 6.92 Å². The van der Waals surface area contributed by atoms with Crippen LogP contribution in [0.25, 0.3) is 0 Å². The zero-order valence-electron chi connectivity index (χ0n) is 17.7. The summed E-state index contributed by atoms with van der Waals surface area (Å²) in [6.45, 7) is 13.3. The van der Waals surface area contributed by atoms with Crippen molar-refractivity contribution < 1.29 is 9.53 Å². The predicted octanol–water partition coefficient (Wildman–Crippen LogP) is 2.25. The second-order valence-electron chi connectivity index (χ2n) is 8.15. The van der Waals surface area contributed by atoms with Gasteiger partial charge in [-0.1, -0.05) is 0 Å². The number of carbonyl (C=O) groups excluding carboxylic acids is 1. The van der Waals surface area contributed by atoms with Crippen molar-refractivity contribution >= 4 is 11.9 Å². The Balaban J connectivity index is 1.68. The van der Waals surface area contributed by atoms with Gasteiger partial charge in [-0.3, -0.25) is 4.79 Å². The van der Waals surface area contributed by atoms with Gasteiger partial charge in [-0.05, 0) is 65.6 Å². The fraction of sp³-hybridized carbons (Fsp3) is 0.762. The Bertz CT molecular complexity index is 650. The average molecular weight is 390 g/mol. The molecular weight excluding hydrogens is 354 g/mol. The first-order chi connectivity index (χ1) is 13.5. The lowest BCUT2D eigenvalue weighted by atomic mass is 9.79. The summed E-state index contributed by atoms with van der Waals surface area (Å²) >= 11 is 0. The van der Waals surface area contributed by atoms with E-state index in [4.69, 9.17) is 4.74 Å². The number of hydrogen-bond donors (Lipinski definition) is 1. The molecule has 1 aromatic rings. The molecule has 3 rings (SSSR count). The van der Waals surface area contributed by atoms with Gasteiger partial charge >= 0.3 is 0 Å². The Morgan fingerprint density at radius 1 is 1.21 bits per heavy atom. The highest BCUT2D eigenvalue weighted by Gasteiger charge is 2.35. The third-order valence-corrected chi connectivity index (χ3v) is 6.06. The molecule has 2 fully saturated rings. The molecule has 0 aliphatic carbocycles. The van der Waals surface area contributed by atoms with Crippen LogP contribution in [0.15, 0.2) is 6.07 Å². The summed E-state index contributed by atoms with van der Waals surface area (Å²) in [5.74, 6) is 0.527. The van der Waals surface area contributed by atoms with E-state index in [2.05, 4.69) is 38.9 Å². The third-order valence-electron chi connectivity index (χ3n) is 6.06. The van der Waals surface area contributed by atoms with E-state index in [1.165, 1.54) is 25.9 Å². The Morgan fingerprint density at radius 3 is 2.54 bits per heavy atom. The van der Waals surface area contributed by atoms with E-state index in [0.29, 0.717) is 18.2 Å². The lowest BCUT2D eigenvalue weighted by Crippen LogP contribution is -2.48. The minimum atomic E-state index is -0.105. The van der Waals surface area contributed by atoms with Crippen LogP contribution in [0.3, 0.4) is 0 Å². The number of nitrogens with one attached hydrogen (secondary N) is 1. The molecule has 2 saturated heterocycles. The molecule has 1 aromatic heterocycles. The summed E-state index contributed by atoms with van der Waals surface area (Å²) in [6.07, 6.45) is 4.56. The molecule has 0 radical (unpaired) electrons. The second-order valence-corrected chi connectivity index (χ2v) is 8.15. The van der Waals surface area contributed by atoms with Crippen LogP contribution in [0, 0.1) is 12.3 Å². The topological polar surface area (TPSA) is 70.6 Å². The van der Waals surface area contributed by atoms with Crippen LogP contribution in [0.4, 0.5) is 5.95 Å². The van der Waals surface area contributed by atoms with E-state index in [-0.39, 0.29) is 11.3 Å². The number of anilines is 1. The van der Waals surface area contributed by atoms with Gasteiger partial charge in [0, 0.05) is 50.5 Å². The molecule has 0 spiro atoms. The molecule has 7 heteroatoms. The standard InChI is InChI=1S/C21H35N5O2/c1-4-26(5-2)20-23-17(3)14-18(24-20)19(27)22-15-21(8-12-28-13-9-21)16-25-10-6-7-11-25/h14H,4-13,15-16H2,1-3H3,(H,22,27). The summed E-state index contributed by atoms with van der Waals surface area (Å²) in [4.78, 5) is 26.6. The zero-order chi connectivity index (χ0) is 20.0. The number of likely N-dealkylation sites (tertiary alicyclic amines) is 1. The molecule has 1 amide bonds. The first kappa shape index (κ1) is 21.0. The van der Waals surface area contributed by atoms with Gasteiger partial charge < -0.3 is 19.9 Å². The van der Waals surface area contributed by atoms with Crippen molar-refractivity contribution in [3.05, 3.63) is 17.5 Å². The van der Waals surface area contributed by atoms with Crippen LogP contribution in [-0.4, -0.2) is 73.3 Å². The van der Waals surface area contributed by atoms with Crippen molar-refractivity contribution in [2.45, 2.75) is 46.5 Å². The van der Waals surface area contributed by atoms with E-state index in [9.17, 15) is 4.79 Å². The molecule has 0 unspecified atom stereocenters. The fourth-order valence-corrected chi connectivity index (χ4v) is 4.29. The molecule has 156 valence electrons. The Hall–Kier alpha value is -1.73. The second kappa shape index (κ2) is 9.65. The first-order valence-corrected chi connectivity index (χ1v) is 10.7. The van der Waals surface area contributed by atoms with Gasteiger partial charge in [-0.2, -0.15) is 0 Å². The van der Waals surface area contributed by atoms with Crippen molar-refractivity contribution in [2.24, 2.45) is 5.41 Å². The molecule has 1 N–H and O–H groups in total. The summed E-state index contributed by atoms with van der Waals surface area (Å²) in [5.41, 5.74) is 1.37. The number of carbonyl (C=O) groups is 1. The average Bonchev–Trinajstić information content (AvgIpc) is 3.20. The summed E-state index contributed by atoms with van der Waals surface area (Å²) in [6, 6.07) is 1.78. The number of rotatable bonds is 8. The number of hydrogen-bond acceptors (Lipinski definition) is 6. The highest BCUT2D eigenvalue weighted by atomic mass is 16.5. The van der Waals surface area contributed by atoms with Crippen LogP contribution in [0.2, 0.25) is 0 Å². The molecule has 28 heavy (non-hydrogen) atoms. The number of aryl methyl sites for hydroxylation is 1. The van der Waals surface area contributed by atoms with E-state index in [0.717, 1.165) is 51.4 Å². The third kappa shape index (κ3) is 5.20. The maximum Gasteiger partial charge on any atom is 0.270 e. The van der Waals surface area contributed by atoms with Crippen molar-refractivity contribution in [1.82, 2.24) is 20.2 Å². The quantitative estimate of drug-likeness (QED) is 0.735. The smallest absolute Gasteiger partial charge is 0.270 e. The van der Waals surface area contributed by atoms with Crippen LogP contribution < -0.4 is 10.2 Å². The monoisotopic (exact) mass is 389 g/mol. The van der Waals surface area contributed by atoms with Gasteiger partial charge in [0.1, 0.15) is 5.69 Å². The van der Waals surface area contributed by atoms with Gasteiger partial charge in [-0.15, -0.1) is 0 Å². The number of amides is 1. The first-order valence-electron chi connectivity index (χ1n) is 10.7. The molecule has 7 nitrogen and oxygen atoms in total. The van der Waals surface area contributed by atoms with Crippen LogP contribution >= 0.6 is 0 Å². The largest absolute Gasteiger partial charge is 0.381 e. The maximum absolute atomic E-state index is 12.9. The number of aromatic nitrogens is 2. The fourth-order valence-electron chi connectivity index (χ4n) is 4.29. The Labute approximate surface area is 168 Å². The van der Waals surface area contributed by atoms with Crippen LogP contribution in [-0.2, 0) is 4.74 Å². The van der Waals surface area contributed by atoms with Crippen molar-refractivity contribution in [2.75, 3.05) is 57.4 Å². The Kier molecular flexibility index (Phi) is 7.24. The zero-order valence-corrected chi connectivity index (χ0v) is 17.7. The molecule has 2 aliphatic rings. The van der Waals surface area contributed by atoms with Gasteiger partial charge in [0.15, 0.2) is 0 Å². The van der Waals surface area contributed by atoms with E-state index >= 15 is 0 Å². The minimum Gasteiger partial charge on any atom is -0.381 e. The van der Waals surface area contributed by atoms with Crippen molar-refractivity contribution in [3.8, 4) is 0 Å². The maximum atomic E-state index is 12.9. The SMILES string of the molecule is CCN(CC)c1nc(C)cc(C(=O)NCC2(CN3CCCC3)CCOCC2)n1. The number of ether oxygens (including phenoxy) is 1. The molecular formula is C21H35N5O2. The molecule has 2 aliphatic heterocycles. The molecule has 3 heterocycles. The number of nitrogens with zero attached hydrogens (tertiary/aromatic N) is 4. The van der Waals surface area contributed by atoms with E-state index in [1.54, 1.807) is 6.07 Å². The van der Waals surface area contributed by atoms with Gasteiger partial charge in [0.05, 0.1) is 0 Å².